The first-order chi connectivity index (χ1) is 5.83. The summed E-state index contributed by atoms with van der Waals surface area (Å²) in [4.78, 5) is 0. The Morgan fingerprint density at radius 2 is 1.92 bits per heavy atom. The first-order valence-corrected chi connectivity index (χ1v) is 3.54. The van der Waals surface area contributed by atoms with E-state index in [1.807, 2.05) is 30.3 Å². The molecule has 0 fully saturated rings. The molecule has 0 radical (unpaired) electrons. The van der Waals surface area contributed by atoms with Crippen molar-refractivity contribution in [2.75, 3.05) is 0 Å². The predicted molar refractivity (Wildman–Crippen MR) is 48.3 cm³/mol. The second-order valence-electron chi connectivity index (χ2n) is 2.21. The number of rotatable bonds is 1. The molecule has 0 saturated heterocycles. The number of azo groups is 1. The molecule has 0 aliphatic rings. The Balaban J connectivity index is 2.70. The Bertz CT molecular complexity index is 289. The molecular weight excluding hydrogens is 152 g/mol. The highest BCUT2D eigenvalue weighted by molar-refractivity contribution is 5.79. The predicted octanol–water partition coefficient (Wildman–Crippen LogP) is 2.06. The SMILES string of the molecule is C/C(N=Nc1ccccc1)=N\N. The Kier molecular flexibility index (Phi) is 2.95. The molecule has 1 aromatic rings. The van der Waals surface area contributed by atoms with E-state index in [4.69, 9.17) is 5.84 Å². The molecule has 2 N–H and O–H groups in total. The van der Waals surface area contributed by atoms with Gasteiger partial charge in [0, 0.05) is 0 Å². The normalized spacial score (nSPS) is 12.2. The molecule has 4 nitrogen and oxygen atoms in total. The summed E-state index contributed by atoms with van der Waals surface area (Å²) in [7, 11) is 0. The average molecular weight is 162 g/mol. The summed E-state index contributed by atoms with van der Waals surface area (Å²) < 4.78 is 0. The van der Waals surface area contributed by atoms with Crippen molar-refractivity contribution in [3.05, 3.63) is 30.3 Å². The lowest BCUT2D eigenvalue weighted by atomic mass is 10.3. The Hall–Kier alpha value is -1.71. The van der Waals surface area contributed by atoms with Gasteiger partial charge in [-0.25, -0.2) is 0 Å². The van der Waals surface area contributed by atoms with Crippen LogP contribution in [0.2, 0.25) is 0 Å². The summed E-state index contributed by atoms with van der Waals surface area (Å²) in [5.41, 5.74) is 0.792. The lowest BCUT2D eigenvalue weighted by molar-refractivity contribution is 1.17. The van der Waals surface area contributed by atoms with Crippen molar-refractivity contribution in [3.8, 4) is 0 Å². The van der Waals surface area contributed by atoms with Gasteiger partial charge in [-0.1, -0.05) is 18.2 Å². The average Bonchev–Trinajstić information content (AvgIpc) is 2.16. The quantitative estimate of drug-likeness (QED) is 0.222. The second-order valence-corrected chi connectivity index (χ2v) is 2.21. The summed E-state index contributed by atoms with van der Waals surface area (Å²) in [5, 5.41) is 11.0. The van der Waals surface area contributed by atoms with E-state index >= 15 is 0 Å². The van der Waals surface area contributed by atoms with Gasteiger partial charge in [-0.15, -0.1) is 10.2 Å². The molecule has 0 aliphatic carbocycles. The standard InChI is InChI=1S/C8H10N4/c1-7(10-9)11-12-8-5-3-2-4-6-8/h2-6H,9H2,1H3/b10-7+,12-11?. The van der Waals surface area contributed by atoms with Crippen molar-refractivity contribution in [3.63, 3.8) is 0 Å². The smallest absolute Gasteiger partial charge is 0.167 e. The van der Waals surface area contributed by atoms with Crippen LogP contribution in [0.1, 0.15) is 6.92 Å². The molecule has 1 rings (SSSR count). The Labute approximate surface area is 70.8 Å². The number of nitrogens with zero attached hydrogens (tertiary/aromatic N) is 3. The third-order valence-corrected chi connectivity index (χ3v) is 1.25. The van der Waals surface area contributed by atoms with E-state index < -0.39 is 0 Å². The van der Waals surface area contributed by atoms with Crippen LogP contribution in [0.3, 0.4) is 0 Å². The summed E-state index contributed by atoms with van der Waals surface area (Å²) >= 11 is 0. The van der Waals surface area contributed by atoms with E-state index in [0.717, 1.165) is 5.69 Å². The van der Waals surface area contributed by atoms with Crippen LogP contribution in [0, 0.1) is 0 Å². The number of nitrogens with two attached hydrogens (primary N) is 1. The number of hydrogen-bond donors (Lipinski definition) is 1. The lowest BCUT2D eigenvalue weighted by Crippen LogP contribution is -1.89. The Morgan fingerprint density at radius 1 is 1.25 bits per heavy atom. The van der Waals surface area contributed by atoms with Gasteiger partial charge in [0.2, 0.25) is 0 Å². The van der Waals surface area contributed by atoms with Crippen LogP contribution in [0.4, 0.5) is 5.69 Å². The minimum absolute atomic E-state index is 0.457. The van der Waals surface area contributed by atoms with Gasteiger partial charge in [-0.3, -0.25) is 0 Å². The van der Waals surface area contributed by atoms with Crippen molar-refractivity contribution in [2.24, 2.45) is 21.2 Å². The van der Waals surface area contributed by atoms with E-state index in [2.05, 4.69) is 15.3 Å². The van der Waals surface area contributed by atoms with Gasteiger partial charge in [-0.2, -0.15) is 5.10 Å². The fraction of sp³-hybridized carbons (Fsp3) is 0.125. The minimum Gasteiger partial charge on any atom is -0.321 e. The van der Waals surface area contributed by atoms with Crippen LogP contribution in [0.25, 0.3) is 0 Å². The van der Waals surface area contributed by atoms with E-state index in [1.54, 1.807) is 6.92 Å². The van der Waals surface area contributed by atoms with Gasteiger partial charge in [0.25, 0.3) is 0 Å². The molecule has 0 aliphatic heterocycles. The molecule has 0 aromatic heterocycles. The van der Waals surface area contributed by atoms with E-state index in [-0.39, 0.29) is 0 Å². The van der Waals surface area contributed by atoms with Crippen molar-refractivity contribution in [1.82, 2.24) is 0 Å². The van der Waals surface area contributed by atoms with Crippen molar-refractivity contribution in [2.45, 2.75) is 6.92 Å². The van der Waals surface area contributed by atoms with E-state index in [9.17, 15) is 0 Å². The van der Waals surface area contributed by atoms with E-state index in [0.29, 0.717) is 5.84 Å². The molecule has 12 heavy (non-hydrogen) atoms. The minimum atomic E-state index is 0.457. The molecule has 0 amide bonds. The van der Waals surface area contributed by atoms with Crippen molar-refractivity contribution in [1.29, 1.82) is 0 Å². The van der Waals surface area contributed by atoms with Crippen molar-refractivity contribution < 1.29 is 0 Å². The van der Waals surface area contributed by atoms with E-state index in [1.165, 1.54) is 0 Å². The molecule has 0 spiro atoms. The first-order valence-electron chi connectivity index (χ1n) is 3.54. The highest BCUT2D eigenvalue weighted by atomic mass is 15.2. The zero-order valence-corrected chi connectivity index (χ0v) is 6.81. The third-order valence-electron chi connectivity index (χ3n) is 1.25. The zero-order chi connectivity index (χ0) is 8.81. The zero-order valence-electron chi connectivity index (χ0n) is 6.81. The van der Waals surface area contributed by atoms with Gasteiger partial charge >= 0.3 is 0 Å². The van der Waals surface area contributed by atoms with Crippen LogP contribution >= 0.6 is 0 Å². The fourth-order valence-corrected chi connectivity index (χ4v) is 0.651. The van der Waals surface area contributed by atoms with Crippen LogP contribution < -0.4 is 5.84 Å². The molecule has 0 atom stereocenters. The van der Waals surface area contributed by atoms with Crippen LogP contribution in [0.5, 0.6) is 0 Å². The third kappa shape index (κ3) is 2.49. The molecule has 0 bridgehead atoms. The fourth-order valence-electron chi connectivity index (χ4n) is 0.651. The maximum atomic E-state index is 4.97. The highest BCUT2D eigenvalue weighted by Gasteiger charge is 1.85. The van der Waals surface area contributed by atoms with Gasteiger partial charge < -0.3 is 5.84 Å². The van der Waals surface area contributed by atoms with Gasteiger partial charge in [-0.05, 0) is 19.1 Å². The summed E-state index contributed by atoms with van der Waals surface area (Å²) in [6, 6.07) is 9.41. The Morgan fingerprint density at radius 3 is 2.50 bits per heavy atom. The molecule has 1 aromatic carbocycles. The monoisotopic (exact) mass is 162 g/mol. The lowest BCUT2D eigenvalue weighted by Gasteiger charge is -1.88. The molecule has 0 saturated carbocycles. The molecule has 0 unspecified atom stereocenters. The maximum Gasteiger partial charge on any atom is 0.167 e. The number of hydrogen-bond acceptors (Lipinski definition) is 3. The first kappa shape index (κ1) is 8.39. The highest BCUT2D eigenvalue weighted by Crippen LogP contribution is 2.09. The molecular formula is C8H10N4. The van der Waals surface area contributed by atoms with Crippen molar-refractivity contribution >= 4 is 11.5 Å². The second kappa shape index (κ2) is 4.23. The maximum absolute atomic E-state index is 4.97. The summed E-state index contributed by atoms with van der Waals surface area (Å²) in [5.74, 6) is 5.43. The largest absolute Gasteiger partial charge is 0.321 e. The molecule has 62 valence electrons. The number of amidine groups is 1. The topological polar surface area (TPSA) is 63.1 Å². The number of benzene rings is 1. The summed E-state index contributed by atoms with van der Waals surface area (Å²) in [6.07, 6.45) is 0. The molecule has 4 heteroatoms. The summed E-state index contributed by atoms with van der Waals surface area (Å²) in [6.45, 7) is 1.69. The number of hydrazone groups is 1. The van der Waals surface area contributed by atoms with Gasteiger partial charge in [0.1, 0.15) is 0 Å². The van der Waals surface area contributed by atoms with Gasteiger partial charge in [0.15, 0.2) is 5.84 Å². The van der Waals surface area contributed by atoms with Gasteiger partial charge in [0.05, 0.1) is 5.69 Å². The van der Waals surface area contributed by atoms with Crippen LogP contribution in [-0.2, 0) is 0 Å². The molecule has 0 heterocycles. The van der Waals surface area contributed by atoms with Crippen LogP contribution in [-0.4, -0.2) is 5.84 Å². The van der Waals surface area contributed by atoms with Crippen LogP contribution in [0.15, 0.2) is 45.7 Å².